The molecule has 0 saturated carbocycles. The Balaban J connectivity index is 2.30. The molecule has 2 aromatic carbocycles. The van der Waals surface area contributed by atoms with E-state index in [4.69, 9.17) is 6.57 Å². The van der Waals surface area contributed by atoms with Crippen molar-refractivity contribution in [3.63, 3.8) is 0 Å². The van der Waals surface area contributed by atoms with Crippen LogP contribution < -0.4 is 9.62 Å². The van der Waals surface area contributed by atoms with Gasteiger partial charge in [0, 0.05) is 31.0 Å². The molecule has 0 aromatic heterocycles. The second-order valence-corrected chi connectivity index (χ2v) is 8.11. The summed E-state index contributed by atoms with van der Waals surface area (Å²) in [6, 6.07) is 11.8. The quantitative estimate of drug-likeness (QED) is 0.470. The number of rotatable bonds is 6. The Kier molecular flexibility index (Phi) is 6.03. The zero-order valence-electron chi connectivity index (χ0n) is 15.6. The van der Waals surface area contributed by atoms with Gasteiger partial charge in [-0.3, -0.25) is 4.72 Å². The highest BCUT2D eigenvalue weighted by Crippen LogP contribution is 2.22. The van der Waals surface area contributed by atoms with Crippen LogP contribution in [0.2, 0.25) is 0 Å². The summed E-state index contributed by atoms with van der Waals surface area (Å²) in [4.78, 5) is 18.0. The van der Waals surface area contributed by atoms with Crippen molar-refractivity contribution in [3.05, 3.63) is 76.3 Å². The van der Waals surface area contributed by atoms with Crippen LogP contribution in [0.4, 0.5) is 11.4 Å². The minimum atomic E-state index is -3.38. The molecule has 7 heteroatoms. The average Bonchev–Trinajstić information content (AvgIpc) is 2.59. The molecule has 0 unspecified atom stereocenters. The van der Waals surface area contributed by atoms with E-state index in [0.717, 1.165) is 23.1 Å². The summed E-state index contributed by atoms with van der Waals surface area (Å²) in [7, 11) is 0.505. The lowest BCUT2D eigenvalue weighted by Gasteiger charge is -2.14. The summed E-state index contributed by atoms with van der Waals surface area (Å²) in [6.07, 6.45) is 2.63. The van der Waals surface area contributed by atoms with E-state index in [9.17, 15) is 13.2 Å². The second-order valence-electron chi connectivity index (χ2n) is 6.36. The maximum Gasteiger partial charge on any atom is 0.234 e. The van der Waals surface area contributed by atoms with E-state index in [0.29, 0.717) is 11.3 Å². The van der Waals surface area contributed by atoms with Gasteiger partial charge in [0.2, 0.25) is 15.7 Å². The fourth-order valence-electron chi connectivity index (χ4n) is 2.45. The number of benzene rings is 2. The van der Waals surface area contributed by atoms with Gasteiger partial charge in [-0.2, -0.15) is 0 Å². The molecule has 0 atom stereocenters. The highest BCUT2D eigenvalue weighted by molar-refractivity contribution is 7.92. The fourth-order valence-corrected chi connectivity index (χ4v) is 3.01. The summed E-state index contributed by atoms with van der Waals surface area (Å²) in [5.41, 5.74) is 3.48. The van der Waals surface area contributed by atoms with E-state index >= 15 is 0 Å². The van der Waals surface area contributed by atoms with Crippen LogP contribution in [0, 0.1) is 13.5 Å². The number of sulfonamides is 1. The number of nitrogens with zero attached hydrogens (tertiary/aromatic N) is 2. The van der Waals surface area contributed by atoms with Crippen LogP contribution in [0.1, 0.15) is 21.5 Å². The van der Waals surface area contributed by atoms with Crippen molar-refractivity contribution in [2.24, 2.45) is 0 Å². The average molecular weight is 383 g/mol. The summed E-state index contributed by atoms with van der Waals surface area (Å²) in [6.45, 7) is 9.29. The summed E-state index contributed by atoms with van der Waals surface area (Å²) in [5, 5.41) is 0. The first-order chi connectivity index (χ1) is 12.6. The predicted molar refractivity (Wildman–Crippen MR) is 109 cm³/mol. The number of nitrogens with one attached hydrogen (secondary N) is 1. The minimum absolute atomic E-state index is 0.000440. The van der Waals surface area contributed by atoms with Crippen molar-refractivity contribution in [3.8, 4) is 0 Å². The maximum atomic E-state index is 12.6. The molecule has 140 valence electrons. The molecular weight excluding hydrogens is 362 g/mol. The molecule has 0 aliphatic rings. The lowest BCUT2D eigenvalue weighted by atomic mass is 10.0. The van der Waals surface area contributed by atoms with Gasteiger partial charge in [0.05, 0.1) is 12.8 Å². The van der Waals surface area contributed by atoms with Crippen LogP contribution in [0.3, 0.4) is 0 Å². The third-order valence-electron chi connectivity index (χ3n) is 3.87. The van der Waals surface area contributed by atoms with Crippen LogP contribution in [-0.2, 0) is 10.0 Å². The number of aryl methyl sites for hydroxylation is 1. The van der Waals surface area contributed by atoms with Crippen molar-refractivity contribution in [2.45, 2.75) is 6.92 Å². The number of carbonyl (C=O) groups is 1. The van der Waals surface area contributed by atoms with E-state index in [-0.39, 0.29) is 5.70 Å². The molecule has 2 rings (SSSR count). The highest BCUT2D eigenvalue weighted by atomic mass is 32.2. The number of ketones is 1. The lowest BCUT2D eigenvalue weighted by molar-refractivity contribution is 0.103. The number of carbonyl (C=O) groups excluding carboxylic acids is 1. The molecule has 1 N–H and O–H groups in total. The van der Waals surface area contributed by atoms with Gasteiger partial charge in [-0.15, -0.1) is 0 Å². The van der Waals surface area contributed by atoms with Crippen LogP contribution in [0.25, 0.3) is 10.9 Å². The Morgan fingerprint density at radius 3 is 2.26 bits per heavy atom. The van der Waals surface area contributed by atoms with Gasteiger partial charge in [0.1, 0.15) is 0 Å². The summed E-state index contributed by atoms with van der Waals surface area (Å²) >= 11 is 0. The zero-order chi connectivity index (χ0) is 20.2. The Morgan fingerprint density at radius 1 is 1.15 bits per heavy atom. The van der Waals surface area contributed by atoms with Crippen LogP contribution in [0.15, 0.2) is 48.2 Å². The number of anilines is 2. The molecule has 0 spiro atoms. The van der Waals surface area contributed by atoms with Gasteiger partial charge < -0.3 is 9.69 Å². The molecule has 0 radical (unpaired) electrons. The summed E-state index contributed by atoms with van der Waals surface area (Å²) < 4.78 is 24.8. The number of allylic oxidation sites excluding steroid dienone is 1. The van der Waals surface area contributed by atoms with Crippen molar-refractivity contribution in [1.29, 1.82) is 0 Å². The molecular formula is C20H21N3O3S. The Bertz CT molecular complexity index is 1030. The van der Waals surface area contributed by atoms with Gasteiger partial charge in [-0.1, -0.05) is 18.2 Å². The van der Waals surface area contributed by atoms with Gasteiger partial charge in [-0.05, 0) is 48.4 Å². The molecule has 0 aliphatic heterocycles. The molecule has 2 aromatic rings. The highest BCUT2D eigenvalue weighted by Gasteiger charge is 2.14. The summed E-state index contributed by atoms with van der Waals surface area (Å²) in [5.74, 6) is -0.410. The van der Waals surface area contributed by atoms with E-state index in [1.54, 1.807) is 6.08 Å². The Morgan fingerprint density at radius 2 is 1.78 bits per heavy atom. The minimum Gasteiger partial charge on any atom is -0.378 e. The molecule has 0 aliphatic carbocycles. The first-order valence-electron chi connectivity index (χ1n) is 8.10. The fraction of sp³-hybridized carbons (Fsp3) is 0.200. The van der Waals surface area contributed by atoms with Crippen LogP contribution >= 0.6 is 0 Å². The van der Waals surface area contributed by atoms with Crippen molar-refractivity contribution < 1.29 is 13.2 Å². The number of hydrogen-bond acceptors (Lipinski definition) is 4. The molecule has 0 bridgehead atoms. The van der Waals surface area contributed by atoms with Gasteiger partial charge >= 0.3 is 0 Å². The molecule has 0 heterocycles. The van der Waals surface area contributed by atoms with Crippen molar-refractivity contribution >= 4 is 33.3 Å². The molecule has 27 heavy (non-hydrogen) atoms. The van der Waals surface area contributed by atoms with Crippen molar-refractivity contribution in [1.82, 2.24) is 0 Å². The number of Topliss-reactive ketones (excluding diaryl/α,β-unsaturated/α-hetero) is 1. The van der Waals surface area contributed by atoms with Crippen molar-refractivity contribution in [2.75, 3.05) is 30.0 Å². The molecule has 0 fully saturated rings. The van der Waals surface area contributed by atoms with Gasteiger partial charge in [-0.25, -0.2) is 13.3 Å². The third kappa shape index (κ3) is 5.43. The monoisotopic (exact) mass is 383 g/mol. The smallest absolute Gasteiger partial charge is 0.234 e. The molecule has 6 nitrogen and oxygen atoms in total. The zero-order valence-corrected chi connectivity index (χ0v) is 16.5. The third-order valence-corrected chi connectivity index (χ3v) is 4.47. The molecule has 0 saturated heterocycles. The first-order valence-corrected chi connectivity index (χ1v) is 9.99. The maximum absolute atomic E-state index is 12.6. The van der Waals surface area contributed by atoms with Gasteiger partial charge in [0.25, 0.3) is 0 Å². The van der Waals surface area contributed by atoms with Gasteiger partial charge in [0.15, 0.2) is 5.78 Å². The largest absolute Gasteiger partial charge is 0.378 e. The molecule has 0 amide bonds. The Labute approximate surface area is 160 Å². The SMILES string of the molecule is [C-]#[N+]C(=Cc1ccc(N(C)C)cc1C)C(=O)c1ccc(NS(C)(=O)=O)cc1. The van der Waals surface area contributed by atoms with E-state index in [2.05, 4.69) is 9.57 Å². The van der Waals surface area contributed by atoms with Crippen LogP contribution in [-0.4, -0.2) is 34.6 Å². The Hall–Kier alpha value is -3.11. The predicted octanol–water partition coefficient (Wildman–Crippen LogP) is 3.58. The lowest BCUT2D eigenvalue weighted by Crippen LogP contribution is -2.09. The van der Waals surface area contributed by atoms with E-state index in [1.807, 2.05) is 44.1 Å². The number of hydrogen-bond donors (Lipinski definition) is 1. The van der Waals surface area contributed by atoms with Crippen LogP contribution in [0.5, 0.6) is 0 Å². The second kappa shape index (κ2) is 8.06. The topological polar surface area (TPSA) is 70.8 Å². The first kappa shape index (κ1) is 20.2. The van der Waals surface area contributed by atoms with E-state index < -0.39 is 15.8 Å². The van der Waals surface area contributed by atoms with E-state index in [1.165, 1.54) is 24.3 Å². The standard InChI is InChI=1S/C20H21N3O3S/c1-14-12-18(23(3)4)11-8-16(14)13-19(21-2)20(24)15-6-9-17(10-7-15)22-27(5,25)26/h6-13,22H,1,3-5H3. The normalized spacial score (nSPS) is 11.6.